The molecule has 0 heterocycles. The summed E-state index contributed by atoms with van der Waals surface area (Å²) in [7, 11) is 0. The van der Waals surface area contributed by atoms with Crippen molar-refractivity contribution >= 4 is 45.7 Å². The molecule has 8 nitrogen and oxygen atoms in total. The maximum Gasteiger partial charge on any atom is 0.412 e. The Morgan fingerprint density at radius 1 is 1.41 bits per heavy atom. The number of hydrogen-bond acceptors (Lipinski definition) is 6. The molecule has 1 aromatic rings. The van der Waals surface area contributed by atoms with E-state index in [1.54, 1.807) is 20.8 Å². The zero-order valence-electron chi connectivity index (χ0n) is 12.5. The summed E-state index contributed by atoms with van der Waals surface area (Å²) < 4.78 is 5.70. The van der Waals surface area contributed by atoms with E-state index in [1.165, 1.54) is 12.1 Å². The van der Waals surface area contributed by atoms with E-state index in [-0.39, 0.29) is 18.0 Å². The van der Waals surface area contributed by atoms with Gasteiger partial charge >= 0.3 is 6.09 Å². The first-order chi connectivity index (χ1) is 10.1. The number of anilines is 2. The number of amides is 1. The van der Waals surface area contributed by atoms with Gasteiger partial charge in [0.1, 0.15) is 11.3 Å². The lowest BCUT2D eigenvalue weighted by Gasteiger charge is -2.20. The van der Waals surface area contributed by atoms with Crippen molar-refractivity contribution in [1.29, 1.82) is 0 Å². The van der Waals surface area contributed by atoms with Crippen LogP contribution in [0.3, 0.4) is 0 Å². The van der Waals surface area contributed by atoms with Crippen LogP contribution < -0.4 is 10.6 Å². The number of carbonyl (C=O) groups excluding carboxylic acids is 1. The zero-order chi connectivity index (χ0) is 16.9. The summed E-state index contributed by atoms with van der Waals surface area (Å²) in [6, 6.07) is 2.78. The molecule has 1 amide bonds. The number of nitrogens with zero attached hydrogens (tertiary/aromatic N) is 1. The quantitative estimate of drug-likeness (QED) is 0.381. The van der Waals surface area contributed by atoms with Crippen molar-refractivity contribution in [3.05, 3.63) is 25.8 Å². The minimum atomic E-state index is -0.773. The number of carbonyl (C=O) groups is 1. The predicted octanol–water partition coefficient (Wildman–Crippen LogP) is 2.95. The van der Waals surface area contributed by atoms with Crippen LogP contribution in [0.5, 0.6) is 0 Å². The molecule has 0 aliphatic carbocycles. The average molecular weight is 423 g/mol. The minimum Gasteiger partial charge on any atom is -0.444 e. The van der Waals surface area contributed by atoms with E-state index in [9.17, 15) is 14.9 Å². The number of nitro benzene ring substituents is 1. The van der Waals surface area contributed by atoms with Crippen LogP contribution in [0.15, 0.2) is 12.1 Å². The Kier molecular flexibility index (Phi) is 6.35. The van der Waals surface area contributed by atoms with Gasteiger partial charge in [-0.2, -0.15) is 0 Å². The molecule has 0 aromatic heterocycles. The number of aliphatic hydroxyl groups excluding tert-OH is 1. The van der Waals surface area contributed by atoms with Gasteiger partial charge in [-0.25, -0.2) is 4.79 Å². The average Bonchev–Trinajstić information content (AvgIpc) is 2.36. The fourth-order valence-electron chi connectivity index (χ4n) is 1.55. The lowest BCUT2D eigenvalue weighted by molar-refractivity contribution is -0.384. The summed E-state index contributed by atoms with van der Waals surface area (Å²) in [4.78, 5) is 22.3. The number of hydrogen-bond donors (Lipinski definition) is 3. The number of aliphatic hydroxyl groups is 1. The number of nitro groups is 1. The highest BCUT2D eigenvalue weighted by Gasteiger charge is 2.22. The Morgan fingerprint density at radius 2 is 2.05 bits per heavy atom. The highest BCUT2D eigenvalue weighted by molar-refractivity contribution is 14.1. The van der Waals surface area contributed by atoms with Crippen molar-refractivity contribution < 1.29 is 19.6 Å². The maximum atomic E-state index is 11.8. The third-order valence-corrected chi connectivity index (χ3v) is 3.24. The first-order valence-electron chi connectivity index (χ1n) is 6.46. The Balaban J connectivity index is 3.08. The Morgan fingerprint density at radius 3 is 2.55 bits per heavy atom. The molecule has 22 heavy (non-hydrogen) atoms. The first-order valence-corrected chi connectivity index (χ1v) is 7.54. The van der Waals surface area contributed by atoms with Gasteiger partial charge in [-0.1, -0.05) is 0 Å². The lowest BCUT2D eigenvalue weighted by atomic mass is 10.2. The minimum absolute atomic E-state index is 0.0279. The Hall–Kier alpha value is -1.62. The van der Waals surface area contributed by atoms with Crippen molar-refractivity contribution in [2.45, 2.75) is 26.4 Å². The molecule has 0 aliphatic heterocycles. The van der Waals surface area contributed by atoms with Crippen molar-refractivity contribution in [3.63, 3.8) is 0 Å². The van der Waals surface area contributed by atoms with Gasteiger partial charge in [-0.15, -0.1) is 0 Å². The number of rotatable bonds is 5. The fourth-order valence-corrected chi connectivity index (χ4v) is 2.19. The normalized spacial score (nSPS) is 11.0. The lowest BCUT2D eigenvalue weighted by Crippen LogP contribution is -2.27. The summed E-state index contributed by atoms with van der Waals surface area (Å²) in [5.41, 5.74) is -0.337. The van der Waals surface area contributed by atoms with Gasteiger partial charge < -0.3 is 15.2 Å². The molecule has 9 heteroatoms. The van der Waals surface area contributed by atoms with E-state index in [2.05, 4.69) is 10.6 Å². The van der Waals surface area contributed by atoms with E-state index >= 15 is 0 Å². The van der Waals surface area contributed by atoms with Crippen LogP contribution >= 0.6 is 22.6 Å². The van der Waals surface area contributed by atoms with Crippen molar-refractivity contribution in [3.8, 4) is 0 Å². The largest absolute Gasteiger partial charge is 0.444 e. The molecular weight excluding hydrogens is 405 g/mol. The van der Waals surface area contributed by atoms with Crippen LogP contribution in [0.4, 0.5) is 21.9 Å². The molecule has 0 bridgehead atoms. The highest BCUT2D eigenvalue weighted by atomic mass is 127. The summed E-state index contributed by atoms with van der Waals surface area (Å²) >= 11 is 1.94. The summed E-state index contributed by atoms with van der Waals surface area (Å²) in [5.74, 6) is 0. The van der Waals surface area contributed by atoms with Gasteiger partial charge in [-0.3, -0.25) is 15.4 Å². The molecule has 0 saturated heterocycles. The molecule has 0 fully saturated rings. The van der Waals surface area contributed by atoms with Gasteiger partial charge in [0.15, 0.2) is 0 Å². The second-order valence-corrected chi connectivity index (χ2v) is 6.55. The molecule has 1 rings (SSSR count). The Labute approximate surface area is 141 Å². The zero-order valence-corrected chi connectivity index (χ0v) is 14.6. The monoisotopic (exact) mass is 423 g/mol. The van der Waals surface area contributed by atoms with Crippen LogP contribution in [0.25, 0.3) is 0 Å². The fraction of sp³-hybridized carbons (Fsp3) is 0.462. The van der Waals surface area contributed by atoms with E-state index in [1.807, 2.05) is 22.6 Å². The summed E-state index contributed by atoms with van der Waals surface area (Å²) in [6.07, 6.45) is -0.773. The number of benzene rings is 1. The Bertz CT molecular complexity index is 572. The van der Waals surface area contributed by atoms with Gasteiger partial charge in [0, 0.05) is 16.2 Å². The van der Waals surface area contributed by atoms with E-state index < -0.39 is 16.6 Å². The number of ether oxygens (including phenoxy) is 1. The molecule has 0 radical (unpaired) electrons. The third kappa shape index (κ3) is 5.64. The maximum absolute atomic E-state index is 11.8. The molecule has 0 saturated carbocycles. The van der Waals surface area contributed by atoms with Gasteiger partial charge in [0.2, 0.25) is 0 Å². The molecule has 1 aromatic carbocycles. The molecular formula is C13H18IN3O5. The summed E-state index contributed by atoms with van der Waals surface area (Å²) in [5, 5.41) is 25.3. The van der Waals surface area contributed by atoms with E-state index in [4.69, 9.17) is 9.84 Å². The molecule has 0 unspecified atom stereocenters. The molecule has 0 aliphatic rings. The van der Waals surface area contributed by atoms with Gasteiger partial charge in [-0.05, 0) is 49.4 Å². The van der Waals surface area contributed by atoms with Gasteiger partial charge in [0.05, 0.1) is 17.2 Å². The molecule has 0 spiro atoms. The standard InChI is InChI=1S/C13H18IN3O5/c1-13(2,3)22-12(19)16-10-7-9(15-4-5-18)8(14)6-11(10)17(20)21/h6-7,15,18H,4-5H2,1-3H3,(H,16,19). The first kappa shape index (κ1) is 18.4. The SMILES string of the molecule is CC(C)(C)OC(=O)Nc1cc(NCCO)c(I)cc1[N+](=O)[O-]. The van der Waals surface area contributed by atoms with Crippen molar-refractivity contribution in [2.24, 2.45) is 0 Å². The third-order valence-electron chi connectivity index (χ3n) is 2.34. The highest BCUT2D eigenvalue weighted by Crippen LogP contribution is 2.32. The smallest absolute Gasteiger partial charge is 0.412 e. The second-order valence-electron chi connectivity index (χ2n) is 5.38. The summed E-state index contributed by atoms with van der Waals surface area (Å²) in [6.45, 7) is 5.30. The molecule has 3 N–H and O–H groups in total. The van der Waals surface area contributed by atoms with Crippen LogP contribution in [0, 0.1) is 13.7 Å². The topological polar surface area (TPSA) is 114 Å². The number of halogens is 1. The van der Waals surface area contributed by atoms with Gasteiger partial charge in [0.25, 0.3) is 5.69 Å². The van der Waals surface area contributed by atoms with E-state index in [0.29, 0.717) is 15.8 Å². The van der Waals surface area contributed by atoms with Crippen LogP contribution in [0.1, 0.15) is 20.8 Å². The van der Waals surface area contributed by atoms with Crippen LogP contribution in [-0.4, -0.2) is 34.9 Å². The van der Waals surface area contributed by atoms with Crippen molar-refractivity contribution in [2.75, 3.05) is 23.8 Å². The van der Waals surface area contributed by atoms with Crippen LogP contribution in [0.2, 0.25) is 0 Å². The predicted molar refractivity (Wildman–Crippen MR) is 91.2 cm³/mol. The molecule has 0 atom stereocenters. The van der Waals surface area contributed by atoms with Crippen molar-refractivity contribution in [1.82, 2.24) is 0 Å². The van der Waals surface area contributed by atoms with Crippen LogP contribution in [-0.2, 0) is 4.74 Å². The second kappa shape index (κ2) is 7.58. The van der Waals surface area contributed by atoms with E-state index in [0.717, 1.165) is 0 Å². The molecule has 122 valence electrons. The number of nitrogens with one attached hydrogen (secondary N) is 2.